The third kappa shape index (κ3) is 3.35. The van der Waals surface area contributed by atoms with Crippen molar-refractivity contribution < 1.29 is 14.0 Å². The van der Waals surface area contributed by atoms with Gasteiger partial charge in [0.25, 0.3) is 5.91 Å². The standard InChI is InChI=1S/C19H22N2O3/c1-2-13-3-5-14(6-4-13)16-7-8-17(24-16)19(23)21-11-9-15(10-12-21)18(20)22/h3-8,15H,2,9-12H2,1H3,(H2,20,22). The van der Waals surface area contributed by atoms with Gasteiger partial charge in [0.05, 0.1) is 0 Å². The average molecular weight is 326 g/mol. The van der Waals surface area contributed by atoms with Crippen molar-refractivity contribution in [1.29, 1.82) is 0 Å². The fourth-order valence-corrected chi connectivity index (χ4v) is 3.04. The fraction of sp³-hybridized carbons (Fsp3) is 0.368. The molecule has 1 aliphatic heterocycles. The predicted molar refractivity (Wildman–Crippen MR) is 91.3 cm³/mol. The summed E-state index contributed by atoms with van der Waals surface area (Å²) in [5, 5.41) is 0. The number of nitrogens with two attached hydrogens (primary N) is 1. The Labute approximate surface area is 141 Å². The third-order valence-electron chi connectivity index (χ3n) is 4.65. The van der Waals surface area contributed by atoms with E-state index in [1.165, 1.54) is 5.56 Å². The molecule has 5 nitrogen and oxygen atoms in total. The smallest absolute Gasteiger partial charge is 0.289 e. The molecule has 0 atom stereocenters. The lowest BCUT2D eigenvalue weighted by Gasteiger charge is -2.29. The maximum atomic E-state index is 12.5. The van der Waals surface area contributed by atoms with Crippen molar-refractivity contribution in [3.63, 3.8) is 0 Å². The SMILES string of the molecule is CCc1ccc(-c2ccc(C(=O)N3CCC(C(N)=O)CC3)o2)cc1. The fourth-order valence-electron chi connectivity index (χ4n) is 3.04. The first kappa shape index (κ1) is 16.3. The van der Waals surface area contributed by atoms with Gasteiger partial charge in [-0.3, -0.25) is 9.59 Å². The number of furan rings is 1. The topological polar surface area (TPSA) is 76.5 Å². The second kappa shape index (κ2) is 6.91. The Bertz CT molecular complexity index is 725. The molecule has 24 heavy (non-hydrogen) atoms. The summed E-state index contributed by atoms with van der Waals surface area (Å²) in [5.41, 5.74) is 7.55. The van der Waals surface area contributed by atoms with Gasteiger partial charge in [-0.1, -0.05) is 31.2 Å². The van der Waals surface area contributed by atoms with Crippen LogP contribution in [0.5, 0.6) is 0 Å². The minimum absolute atomic E-state index is 0.127. The van der Waals surface area contributed by atoms with E-state index in [-0.39, 0.29) is 17.7 Å². The number of aryl methyl sites for hydroxylation is 1. The maximum absolute atomic E-state index is 12.5. The molecule has 0 radical (unpaired) electrons. The highest BCUT2D eigenvalue weighted by Crippen LogP contribution is 2.25. The monoisotopic (exact) mass is 326 g/mol. The van der Waals surface area contributed by atoms with Crippen LogP contribution in [0.3, 0.4) is 0 Å². The number of nitrogens with zero attached hydrogens (tertiary/aromatic N) is 1. The lowest BCUT2D eigenvalue weighted by Crippen LogP contribution is -2.41. The predicted octanol–water partition coefficient (Wildman–Crippen LogP) is 2.85. The van der Waals surface area contributed by atoms with Gasteiger partial charge in [0.15, 0.2) is 5.76 Å². The summed E-state index contributed by atoms with van der Waals surface area (Å²) in [6.07, 6.45) is 2.23. The molecule has 1 saturated heterocycles. The number of primary amides is 1. The minimum atomic E-state index is -0.280. The number of likely N-dealkylation sites (tertiary alicyclic amines) is 1. The molecule has 5 heteroatoms. The Morgan fingerprint density at radius 3 is 2.38 bits per heavy atom. The van der Waals surface area contributed by atoms with Crippen LogP contribution in [0, 0.1) is 5.92 Å². The molecular weight excluding hydrogens is 304 g/mol. The summed E-state index contributed by atoms with van der Waals surface area (Å²) in [7, 11) is 0. The van der Waals surface area contributed by atoms with Crippen molar-refractivity contribution in [1.82, 2.24) is 4.90 Å². The van der Waals surface area contributed by atoms with E-state index < -0.39 is 0 Å². The second-order valence-electron chi connectivity index (χ2n) is 6.18. The summed E-state index contributed by atoms with van der Waals surface area (Å²) in [4.78, 5) is 25.5. The molecule has 1 aliphatic rings. The van der Waals surface area contributed by atoms with Crippen LogP contribution in [0.15, 0.2) is 40.8 Å². The van der Waals surface area contributed by atoms with Crippen LogP contribution in [0.2, 0.25) is 0 Å². The lowest BCUT2D eigenvalue weighted by molar-refractivity contribution is -0.123. The van der Waals surface area contributed by atoms with E-state index in [0.717, 1.165) is 12.0 Å². The van der Waals surface area contributed by atoms with Crippen LogP contribution in [0.1, 0.15) is 35.9 Å². The highest BCUT2D eigenvalue weighted by molar-refractivity contribution is 5.92. The highest BCUT2D eigenvalue weighted by atomic mass is 16.4. The van der Waals surface area contributed by atoms with Crippen LogP contribution < -0.4 is 5.73 Å². The molecular formula is C19H22N2O3. The molecule has 0 aliphatic carbocycles. The first-order valence-corrected chi connectivity index (χ1v) is 8.36. The molecule has 0 saturated carbocycles. The van der Waals surface area contributed by atoms with Crippen molar-refractivity contribution >= 4 is 11.8 Å². The van der Waals surface area contributed by atoms with E-state index in [4.69, 9.17) is 10.2 Å². The molecule has 2 heterocycles. The molecule has 3 rings (SSSR count). The molecule has 0 spiro atoms. The number of rotatable bonds is 4. The summed E-state index contributed by atoms with van der Waals surface area (Å²) >= 11 is 0. The summed E-state index contributed by atoms with van der Waals surface area (Å²) in [6.45, 7) is 3.18. The lowest BCUT2D eigenvalue weighted by atomic mass is 9.96. The number of hydrogen-bond acceptors (Lipinski definition) is 3. The largest absolute Gasteiger partial charge is 0.451 e. The number of carbonyl (C=O) groups is 2. The zero-order valence-electron chi connectivity index (χ0n) is 13.8. The highest BCUT2D eigenvalue weighted by Gasteiger charge is 2.27. The second-order valence-corrected chi connectivity index (χ2v) is 6.18. The van der Waals surface area contributed by atoms with Gasteiger partial charge in [0, 0.05) is 24.6 Å². The molecule has 1 fully saturated rings. The minimum Gasteiger partial charge on any atom is -0.451 e. The van der Waals surface area contributed by atoms with Crippen LogP contribution >= 0.6 is 0 Å². The maximum Gasteiger partial charge on any atom is 0.289 e. The van der Waals surface area contributed by atoms with Crippen LogP contribution in [-0.4, -0.2) is 29.8 Å². The zero-order chi connectivity index (χ0) is 17.1. The Morgan fingerprint density at radius 1 is 1.12 bits per heavy atom. The summed E-state index contributed by atoms with van der Waals surface area (Å²) in [6, 6.07) is 11.7. The number of hydrogen-bond donors (Lipinski definition) is 1. The Hall–Kier alpha value is -2.56. The molecule has 126 valence electrons. The Morgan fingerprint density at radius 2 is 1.79 bits per heavy atom. The van der Waals surface area contributed by atoms with E-state index in [1.54, 1.807) is 11.0 Å². The van der Waals surface area contributed by atoms with Gasteiger partial charge in [-0.15, -0.1) is 0 Å². The van der Waals surface area contributed by atoms with Gasteiger partial charge >= 0.3 is 0 Å². The van der Waals surface area contributed by atoms with Gasteiger partial charge in [-0.05, 0) is 37.0 Å². The number of piperidine rings is 1. The molecule has 2 amide bonds. The Kier molecular flexibility index (Phi) is 4.69. The van der Waals surface area contributed by atoms with Crippen LogP contribution in [-0.2, 0) is 11.2 Å². The molecule has 0 unspecified atom stereocenters. The normalized spacial score (nSPS) is 15.5. The van der Waals surface area contributed by atoms with Crippen molar-refractivity contribution in [3.05, 3.63) is 47.7 Å². The summed E-state index contributed by atoms with van der Waals surface area (Å²) < 4.78 is 5.75. The number of amides is 2. The quantitative estimate of drug-likeness (QED) is 0.938. The van der Waals surface area contributed by atoms with Gasteiger partial charge < -0.3 is 15.1 Å². The van der Waals surface area contributed by atoms with E-state index in [0.29, 0.717) is 37.5 Å². The van der Waals surface area contributed by atoms with Gasteiger partial charge in [0.2, 0.25) is 5.91 Å². The summed E-state index contributed by atoms with van der Waals surface area (Å²) in [5.74, 6) is 0.487. The molecule has 1 aromatic carbocycles. The van der Waals surface area contributed by atoms with Crippen molar-refractivity contribution in [2.24, 2.45) is 11.7 Å². The van der Waals surface area contributed by atoms with Crippen LogP contribution in [0.25, 0.3) is 11.3 Å². The average Bonchev–Trinajstić information content (AvgIpc) is 3.11. The Balaban J connectivity index is 1.68. The van der Waals surface area contributed by atoms with E-state index in [2.05, 4.69) is 19.1 Å². The van der Waals surface area contributed by atoms with E-state index >= 15 is 0 Å². The van der Waals surface area contributed by atoms with Gasteiger partial charge in [-0.2, -0.15) is 0 Å². The van der Waals surface area contributed by atoms with Crippen molar-refractivity contribution in [2.45, 2.75) is 26.2 Å². The van der Waals surface area contributed by atoms with Gasteiger partial charge in [0.1, 0.15) is 5.76 Å². The molecule has 2 aromatic rings. The van der Waals surface area contributed by atoms with Gasteiger partial charge in [-0.25, -0.2) is 0 Å². The molecule has 1 aromatic heterocycles. The molecule has 2 N–H and O–H groups in total. The molecule has 0 bridgehead atoms. The zero-order valence-corrected chi connectivity index (χ0v) is 13.8. The first-order chi connectivity index (χ1) is 11.6. The first-order valence-electron chi connectivity index (χ1n) is 8.36. The van der Waals surface area contributed by atoms with E-state index in [1.807, 2.05) is 18.2 Å². The van der Waals surface area contributed by atoms with Crippen LogP contribution in [0.4, 0.5) is 0 Å². The van der Waals surface area contributed by atoms with Crippen molar-refractivity contribution in [3.8, 4) is 11.3 Å². The number of benzene rings is 1. The number of carbonyl (C=O) groups excluding carboxylic acids is 2. The van der Waals surface area contributed by atoms with Crippen molar-refractivity contribution in [2.75, 3.05) is 13.1 Å². The van der Waals surface area contributed by atoms with E-state index in [9.17, 15) is 9.59 Å². The third-order valence-corrected chi connectivity index (χ3v) is 4.65.